The van der Waals surface area contributed by atoms with Crippen LogP contribution in [0.25, 0.3) is 6.08 Å². The molecule has 8 heteroatoms. The third kappa shape index (κ3) is 4.82. The number of hydrogen-bond donors (Lipinski definition) is 1. The number of nitrogens with one attached hydrogen (secondary N) is 1. The Morgan fingerprint density at radius 2 is 2.04 bits per heavy atom. The van der Waals surface area contributed by atoms with E-state index in [0.717, 1.165) is 5.56 Å². The van der Waals surface area contributed by atoms with Gasteiger partial charge in [-0.05, 0) is 35.4 Å². The van der Waals surface area contributed by atoms with Crippen LogP contribution in [0.4, 0.5) is 5.69 Å². The summed E-state index contributed by atoms with van der Waals surface area (Å²) in [5.41, 5.74) is 0.697. The molecule has 0 unspecified atom stereocenters. The van der Waals surface area contributed by atoms with Crippen LogP contribution in [0.1, 0.15) is 11.1 Å². The van der Waals surface area contributed by atoms with Gasteiger partial charge in [-0.2, -0.15) is 5.26 Å². The smallest absolute Gasteiger partial charge is 0.288 e. The van der Waals surface area contributed by atoms with E-state index in [0.29, 0.717) is 11.3 Å². The summed E-state index contributed by atoms with van der Waals surface area (Å²) in [5, 5.41) is 22.7. The summed E-state index contributed by atoms with van der Waals surface area (Å²) < 4.78 is 5.05. The normalized spacial score (nSPS) is 10.7. The zero-order chi connectivity index (χ0) is 19.1. The molecule has 0 radical (unpaired) electrons. The molecule has 0 aliphatic carbocycles. The van der Waals surface area contributed by atoms with Crippen LogP contribution in [0.2, 0.25) is 5.02 Å². The number of nitro groups is 1. The van der Waals surface area contributed by atoms with Crippen LogP contribution >= 0.6 is 11.6 Å². The maximum absolute atomic E-state index is 12.2. The Bertz CT molecular complexity index is 902. The summed E-state index contributed by atoms with van der Waals surface area (Å²) in [6, 6.07) is 12.9. The van der Waals surface area contributed by atoms with Crippen LogP contribution in [0.15, 0.2) is 48.0 Å². The number of ether oxygens (including phenoxy) is 1. The van der Waals surface area contributed by atoms with Crippen molar-refractivity contribution in [3.8, 4) is 11.8 Å². The number of nitrogens with zero attached hydrogens (tertiary/aromatic N) is 2. The lowest BCUT2D eigenvalue weighted by Crippen LogP contribution is -2.23. The highest BCUT2D eigenvalue weighted by molar-refractivity contribution is 6.32. The number of benzene rings is 2. The summed E-state index contributed by atoms with van der Waals surface area (Å²) in [6.45, 7) is 0.225. The number of hydrogen-bond acceptors (Lipinski definition) is 5. The molecule has 7 nitrogen and oxygen atoms in total. The van der Waals surface area contributed by atoms with Crippen molar-refractivity contribution in [2.45, 2.75) is 6.54 Å². The Morgan fingerprint density at radius 3 is 2.62 bits per heavy atom. The average molecular weight is 372 g/mol. The molecule has 0 aromatic heterocycles. The van der Waals surface area contributed by atoms with Crippen molar-refractivity contribution in [3.63, 3.8) is 0 Å². The minimum atomic E-state index is -0.629. The van der Waals surface area contributed by atoms with Gasteiger partial charge in [0.25, 0.3) is 11.6 Å². The molecule has 0 saturated carbocycles. The zero-order valence-corrected chi connectivity index (χ0v) is 14.5. The van der Waals surface area contributed by atoms with Crippen LogP contribution in [-0.4, -0.2) is 17.9 Å². The number of nitriles is 1. The molecule has 0 atom stereocenters. The fourth-order valence-electron chi connectivity index (χ4n) is 2.10. The van der Waals surface area contributed by atoms with Crippen LogP contribution in [-0.2, 0) is 11.3 Å². The fourth-order valence-corrected chi connectivity index (χ4v) is 2.28. The fraction of sp³-hybridized carbons (Fsp3) is 0.111. The van der Waals surface area contributed by atoms with Gasteiger partial charge in [0.15, 0.2) is 0 Å². The molecule has 0 saturated heterocycles. The quantitative estimate of drug-likeness (QED) is 0.362. The van der Waals surface area contributed by atoms with Crippen molar-refractivity contribution in [3.05, 3.63) is 74.3 Å². The molecule has 0 heterocycles. The Balaban J connectivity index is 2.12. The molecule has 1 N–H and O–H groups in total. The van der Waals surface area contributed by atoms with Crippen LogP contribution in [0, 0.1) is 21.4 Å². The Kier molecular flexibility index (Phi) is 6.31. The van der Waals surface area contributed by atoms with Crippen molar-refractivity contribution >= 4 is 29.3 Å². The van der Waals surface area contributed by atoms with Gasteiger partial charge in [0.2, 0.25) is 0 Å². The summed E-state index contributed by atoms with van der Waals surface area (Å²) in [6.07, 6.45) is 1.27. The van der Waals surface area contributed by atoms with E-state index in [1.807, 2.05) is 0 Å². The lowest BCUT2D eigenvalue weighted by molar-refractivity contribution is -0.384. The number of nitro benzene ring substituents is 1. The molecular weight excluding hydrogens is 358 g/mol. The molecule has 2 aromatic carbocycles. The first kappa shape index (κ1) is 19.0. The van der Waals surface area contributed by atoms with Gasteiger partial charge >= 0.3 is 0 Å². The molecule has 0 bridgehead atoms. The number of methoxy groups -OCH3 is 1. The van der Waals surface area contributed by atoms with E-state index < -0.39 is 10.8 Å². The Labute approximate surface area is 154 Å². The Hall–Kier alpha value is -3.37. The monoisotopic (exact) mass is 371 g/mol. The number of rotatable bonds is 6. The van der Waals surface area contributed by atoms with Crippen molar-refractivity contribution in [2.24, 2.45) is 0 Å². The predicted octanol–water partition coefficient (Wildman–Crippen LogP) is 3.48. The standard InChI is InChI=1S/C18H14ClN3O4/c1-26-15-5-2-12(3-6-15)11-21-18(23)14(10-20)8-13-4-7-16(19)17(9-13)22(24)25/h2-9H,11H2,1H3,(H,21,23)/b14-8-. The molecule has 2 rings (SSSR count). The third-order valence-corrected chi connectivity index (χ3v) is 3.77. The largest absolute Gasteiger partial charge is 0.497 e. The first-order chi connectivity index (χ1) is 12.4. The zero-order valence-electron chi connectivity index (χ0n) is 13.7. The highest BCUT2D eigenvalue weighted by Gasteiger charge is 2.14. The first-order valence-corrected chi connectivity index (χ1v) is 7.79. The topological polar surface area (TPSA) is 105 Å². The van der Waals surface area contributed by atoms with Gasteiger partial charge in [0.05, 0.1) is 12.0 Å². The van der Waals surface area contributed by atoms with E-state index in [2.05, 4.69) is 5.32 Å². The number of halogens is 1. The van der Waals surface area contributed by atoms with Crippen molar-refractivity contribution in [1.82, 2.24) is 5.32 Å². The van der Waals surface area contributed by atoms with Crippen molar-refractivity contribution < 1.29 is 14.5 Å². The number of carbonyl (C=O) groups excluding carboxylic acids is 1. The maximum atomic E-state index is 12.2. The molecule has 1 amide bonds. The van der Waals surface area contributed by atoms with E-state index in [9.17, 15) is 20.2 Å². The predicted molar refractivity (Wildman–Crippen MR) is 96.5 cm³/mol. The molecule has 2 aromatic rings. The second-order valence-corrected chi connectivity index (χ2v) is 5.58. The first-order valence-electron chi connectivity index (χ1n) is 7.41. The molecule has 0 aliphatic rings. The summed E-state index contributed by atoms with van der Waals surface area (Å²) in [4.78, 5) is 22.5. The summed E-state index contributed by atoms with van der Waals surface area (Å²) >= 11 is 5.75. The highest BCUT2D eigenvalue weighted by Crippen LogP contribution is 2.26. The van der Waals surface area contributed by atoms with Crippen molar-refractivity contribution in [1.29, 1.82) is 5.26 Å². The minimum absolute atomic E-state index is 0.0189. The lowest BCUT2D eigenvalue weighted by atomic mass is 10.1. The van der Waals surface area contributed by atoms with E-state index >= 15 is 0 Å². The highest BCUT2D eigenvalue weighted by atomic mass is 35.5. The van der Waals surface area contributed by atoms with E-state index in [-0.39, 0.29) is 22.8 Å². The van der Waals surface area contributed by atoms with Gasteiger partial charge in [-0.1, -0.05) is 29.8 Å². The number of carbonyl (C=O) groups is 1. The summed E-state index contributed by atoms with van der Waals surface area (Å²) in [7, 11) is 1.56. The second kappa shape index (κ2) is 8.65. The SMILES string of the molecule is COc1ccc(CNC(=O)/C(C#N)=C\c2ccc(Cl)c([N+](=O)[O-])c2)cc1. The number of amides is 1. The van der Waals surface area contributed by atoms with Gasteiger partial charge in [-0.15, -0.1) is 0 Å². The maximum Gasteiger partial charge on any atom is 0.288 e. The molecule has 26 heavy (non-hydrogen) atoms. The van der Waals surface area contributed by atoms with E-state index in [1.54, 1.807) is 37.4 Å². The molecule has 0 aliphatic heterocycles. The average Bonchev–Trinajstić information content (AvgIpc) is 2.65. The molecule has 132 valence electrons. The Morgan fingerprint density at radius 1 is 1.35 bits per heavy atom. The van der Waals surface area contributed by atoms with Gasteiger partial charge in [-0.3, -0.25) is 14.9 Å². The van der Waals surface area contributed by atoms with Gasteiger partial charge < -0.3 is 10.1 Å². The lowest BCUT2D eigenvalue weighted by Gasteiger charge is -2.06. The second-order valence-electron chi connectivity index (χ2n) is 5.17. The molecule has 0 spiro atoms. The van der Waals surface area contributed by atoms with E-state index in [1.165, 1.54) is 24.3 Å². The van der Waals surface area contributed by atoms with Crippen LogP contribution in [0.5, 0.6) is 5.75 Å². The van der Waals surface area contributed by atoms with Crippen LogP contribution < -0.4 is 10.1 Å². The van der Waals surface area contributed by atoms with E-state index in [4.69, 9.17) is 16.3 Å². The summed E-state index contributed by atoms with van der Waals surface area (Å²) in [5.74, 6) is 0.114. The van der Waals surface area contributed by atoms with Crippen LogP contribution in [0.3, 0.4) is 0 Å². The molecular formula is C18H14ClN3O4. The van der Waals surface area contributed by atoms with Gasteiger partial charge in [-0.25, -0.2) is 0 Å². The van der Waals surface area contributed by atoms with Gasteiger partial charge in [0, 0.05) is 12.6 Å². The molecule has 0 fully saturated rings. The third-order valence-electron chi connectivity index (χ3n) is 3.46. The van der Waals surface area contributed by atoms with Crippen molar-refractivity contribution in [2.75, 3.05) is 7.11 Å². The minimum Gasteiger partial charge on any atom is -0.497 e. The van der Waals surface area contributed by atoms with Gasteiger partial charge in [0.1, 0.15) is 22.4 Å².